The summed E-state index contributed by atoms with van der Waals surface area (Å²) in [5.74, 6) is -4.46. The number of benzene rings is 1. The van der Waals surface area contributed by atoms with Crippen molar-refractivity contribution in [3.8, 4) is 0 Å². The molecule has 0 unspecified atom stereocenters. The zero-order valence-corrected chi connectivity index (χ0v) is 19.5. The zero-order valence-electron chi connectivity index (χ0n) is 19.5. The molecule has 0 heterocycles. The standard InChI is InChI=1S/C23H34N4O7/c1-3-4-10-18(23(33)34)27-20(30)14(2)25-22(32)17(11-12-19(28)29)26-21(31)16(24)13-15-8-6-5-7-9-15/h5-9,14,16-18H,3-4,10-13,24H2,1-2H3,(H,25,32)(H,26,31)(H,27,30)(H,28,29)(H,33,34)/t14-,16-,17-,18-/m0/s1. The first-order valence-electron chi connectivity index (χ1n) is 11.2. The van der Waals surface area contributed by atoms with Gasteiger partial charge in [0.05, 0.1) is 6.04 Å². The van der Waals surface area contributed by atoms with Crippen LogP contribution < -0.4 is 21.7 Å². The summed E-state index contributed by atoms with van der Waals surface area (Å²) < 4.78 is 0. The molecule has 1 rings (SSSR count). The second kappa shape index (κ2) is 14.6. The lowest BCUT2D eigenvalue weighted by Crippen LogP contribution is -2.56. The Morgan fingerprint density at radius 2 is 1.50 bits per heavy atom. The summed E-state index contributed by atoms with van der Waals surface area (Å²) in [6, 6.07) is 4.60. The van der Waals surface area contributed by atoms with Crippen LogP contribution in [0, 0.1) is 0 Å². The average molecular weight is 479 g/mol. The Morgan fingerprint density at radius 3 is 2.06 bits per heavy atom. The summed E-state index contributed by atoms with van der Waals surface area (Å²) in [5, 5.41) is 25.5. The molecule has 34 heavy (non-hydrogen) atoms. The second-order valence-electron chi connectivity index (χ2n) is 8.06. The molecule has 0 radical (unpaired) electrons. The van der Waals surface area contributed by atoms with Crippen molar-refractivity contribution in [2.75, 3.05) is 0 Å². The number of amides is 3. The van der Waals surface area contributed by atoms with E-state index in [0.717, 1.165) is 12.0 Å². The third-order valence-corrected chi connectivity index (χ3v) is 5.13. The first-order valence-corrected chi connectivity index (χ1v) is 11.2. The van der Waals surface area contributed by atoms with Crippen LogP contribution in [0.15, 0.2) is 30.3 Å². The number of carbonyl (C=O) groups excluding carboxylic acids is 3. The van der Waals surface area contributed by atoms with Gasteiger partial charge in [-0.2, -0.15) is 0 Å². The van der Waals surface area contributed by atoms with Gasteiger partial charge >= 0.3 is 11.9 Å². The molecule has 4 atom stereocenters. The van der Waals surface area contributed by atoms with Crippen molar-refractivity contribution in [2.45, 2.75) is 76.5 Å². The number of carboxylic acid groups (broad SMARTS) is 2. The molecule has 3 amide bonds. The minimum atomic E-state index is -1.24. The quantitative estimate of drug-likeness (QED) is 0.206. The van der Waals surface area contributed by atoms with Crippen LogP contribution in [0.1, 0.15) is 51.5 Å². The zero-order chi connectivity index (χ0) is 25.7. The Hall–Kier alpha value is -3.47. The molecule has 188 valence electrons. The Bertz CT molecular complexity index is 847. The summed E-state index contributed by atoms with van der Waals surface area (Å²) in [6.45, 7) is 3.25. The molecule has 1 aromatic carbocycles. The molecule has 0 spiro atoms. The average Bonchev–Trinajstić information content (AvgIpc) is 2.79. The van der Waals surface area contributed by atoms with Crippen LogP contribution in [0.5, 0.6) is 0 Å². The van der Waals surface area contributed by atoms with Gasteiger partial charge in [0, 0.05) is 6.42 Å². The lowest BCUT2D eigenvalue weighted by molar-refractivity contribution is -0.142. The van der Waals surface area contributed by atoms with Gasteiger partial charge in [0.15, 0.2) is 0 Å². The third-order valence-electron chi connectivity index (χ3n) is 5.13. The normalized spacial score (nSPS) is 14.2. The SMILES string of the molecule is CCCC[C@H](NC(=O)[C@H](C)NC(=O)[C@H](CCC(=O)O)NC(=O)[C@@H](N)Cc1ccccc1)C(=O)O. The van der Waals surface area contributed by atoms with Crippen LogP contribution in [0.3, 0.4) is 0 Å². The van der Waals surface area contributed by atoms with E-state index < -0.39 is 60.2 Å². The van der Waals surface area contributed by atoms with Gasteiger partial charge < -0.3 is 31.9 Å². The molecule has 0 saturated carbocycles. The van der Waals surface area contributed by atoms with E-state index in [1.807, 2.05) is 13.0 Å². The lowest BCUT2D eigenvalue weighted by atomic mass is 10.0. The van der Waals surface area contributed by atoms with E-state index in [9.17, 15) is 29.1 Å². The predicted molar refractivity (Wildman–Crippen MR) is 124 cm³/mol. The molecule has 11 nitrogen and oxygen atoms in total. The number of aliphatic carboxylic acids is 2. The Morgan fingerprint density at radius 1 is 0.882 bits per heavy atom. The Balaban J connectivity index is 2.78. The van der Waals surface area contributed by atoms with Gasteiger partial charge in [-0.25, -0.2) is 4.79 Å². The minimum absolute atomic E-state index is 0.215. The van der Waals surface area contributed by atoms with Crippen LogP contribution in [0.25, 0.3) is 0 Å². The molecule has 0 bridgehead atoms. The second-order valence-corrected chi connectivity index (χ2v) is 8.06. The van der Waals surface area contributed by atoms with Crippen LogP contribution in [0.2, 0.25) is 0 Å². The first kappa shape index (κ1) is 28.6. The van der Waals surface area contributed by atoms with Crippen molar-refractivity contribution in [1.82, 2.24) is 16.0 Å². The van der Waals surface area contributed by atoms with Crippen molar-refractivity contribution in [3.05, 3.63) is 35.9 Å². The number of nitrogens with two attached hydrogens (primary N) is 1. The fraction of sp³-hybridized carbons (Fsp3) is 0.522. The topological polar surface area (TPSA) is 188 Å². The van der Waals surface area contributed by atoms with Crippen molar-refractivity contribution < 1.29 is 34.2 Å². The van der Waals surface area contributed by atoms with E-state index in [-0.39, 0.29) is 19.3 Å². The molecule has 0 aliphatic carbocycles. The summed E-state index contributed by atoms with van der Waals surface area (Å²) >= 11 is 0. The molecular formula is C23H34N4O7. The molecule has 0 saturated heterocycles. The molecular weight excluding hydrogens is 444 g/mol. The van der Waals surface area contributed by atoms with Crippen molar-refractivity contribution in [3.63, 3.8) is 0 Å². The number of carbonyl (C=O) groups is 5. The molecule has 7 N–H and O–H groups in total. The molecule has 0 aliphatic rings. The lowest BCUT2D eigenvalue weighted by Gasteiger charge is -2.23. The molecule has 0 fully saturated rings. The largest absolute Gasteiger partial charge is 0.481 e. The number of nitrogens with one attached hydrogen (secondary N) is 3. The third kappa shape index (κ3) is 10.4. The van der Waals surface area contributed by atoms with Gasteiger partial charge in [-0.05, 0) is 31.7 Å². The highest BCUT2D eigenvalue weighted by molar-refractivity contribution is 5.94. The number of unbranched alkanes of at least 4 members (excludes halogenated alkanes) is 1. The molecule has 11 heteroatoms. The summed E-state index contributed by atoms with van der Waals surface area (Å²) in [5.41, 5.74) is 6.76. The number of hydrogen-bond acceptors (Lipinski definition) is 6. The van der Waals surface area contributed by atoms with E-state index in [0.29, 0.717) is 6.42 Å². The van der Waals surface area contributed by atoms with E-state index in [1.165, 1.54) is 6.92 Å². The maximum atomic E-state index is 12.7. The van der Waals surface area contributed by atoms with E-state index in [4.69, 9.17) is 10.8 Å². The highest BCUT2D eigenvalue weighted by atomic mass is 16.4. The fourth-order valence-corrected chi connectivity index (χ4v) is 3.12. The number of hydrogen-bond donors (Lipinski definition) is 6. The number of rotatable bonds is 15. The monoisotopic (exact) mass is 478 g/mol. The van der Waals surface area contributed by atoms with Crippen molar-refractivity contribution >= 4 is 29.7 Å². The van der Waals surface area contributed by atoms with E-state index in [1.54, 1.807) is 24.3 Å². The highest BCUT2D eigenvalue weighted by Crippen LogP contribution is 2.05. The van der Waals surface area contributed by atoms with Crippen molar-refractivity contribution in [1.29, 1.82) is 0 Å². The Kier molecular flexibility index (Phi) is 12.3. The van der Waals surface area contributed by atoms with Crippen LogP contribution >= 0.6 is 0 Å². The minimum Gasteiger partial charge on any atom is -0.481 e. The fourth-order valence-electron chi connectivity index (χ4n) is 3.12. The van der Waals surface area contributed by atoms with Gasteiger partial charge in [0.25, 0.3) is 0 Å². The summed E-state index contributed by atoms with van der Waals surface area (Å²) in [6.07, 6.45) is 1.20. The summed E-state index contributed by atoms with van der Waals surface area (Å²) in [7, 11) is 0. The van der Waals surface area contributed by atoms with E-state index >= 15 is 0 Å². The van der Waals surface area contributed by atoms with E-state index in [2.05, 4.69) is 16.0 Å². The predicted octanol–water partition coefficient (Wildman–Crippen LogP) is 0.170. The maximum Gasteiger partial charge on any atom is 0.326 e. The van der Waals surface area contributed by atoms with Crippen LogP contribution in [-0.2, 0) is 30.4 Å². The van der Waals surface area contributed by atoms with Crippen LogP contribution in [0.4, 0.5) is 0 Å². The van der Waals surface area contributed by atoms with Gasteiger partial charge in [-0.3, -0.25) is 19.2 Å². The molecule has 0 aliphatic heterocycles. The number of carboxylic acids is 2. The van der Waals surface area contributed by atoms with Gasteiger partial charge in [-0.1, -0.05) is 50.1 Å². The first-order chi connectivity index (χ1) is 16.0. The van der Waals surface area contributed by atoms with Gasteiger partial charge in [0.1, 0.15) is 18.1 Å². The maximum absolute atomic E-state index is 12.7. The Labute approximate surface area is 198 Å². The molecule has 1 aromatic rings. The molecule has 0 aromatic heterocycles. The summed E-state index contributed by atoms with van der Waals surface area (Å²) in [4.78, 5) is 60.0. The highest BCUT2D eigenvalue weighted by Gasteiger charge is 2.28. The van der Waals surface area contributed by atoms with Gasteiger partial charge in [-0.15, -0.1) is 0 Å². The van der Waals surface area contributed by atoms with Gasteiger partial charge in [0.2, 0.25) is 17.7 Å². The van der Waals surface area contributed by atoms with Crippen molar-refractivity contribution in [2.24, 2.45) is 5.73 Å². The smallest absolute Gasteiger partial charge is 0.326 e. The van der Waals surface area contributed by atoms with Crippen LogP contribution in [-0.4, -0.2) is 64.0 Å².